The van der Waals surface area contributed by atoms with E-state index < -0.39 is 0 Å². The Kier molecular flexibility index (Phi) is 6.26. The number of aliphatic imine (C=N–C) groups is 1. The molecule has 0 aliphatic heterocycles. The van der Waals surface area contributed by atoms with E-state index in [1.807, 2.05) is 18.4 Å². The van der Waals surface area contributed by atoms with Crippen molar-refractivity contribution in [3.05, 3.63) is 22.4 Å². The number of nitrogens with zero attached hydrogens (tertiary/aromatic N) is 2. The molecule has 0 bridgehead atoms. The molecule has 22 heavy (non-hydrogen) atoms. The lowest BCUT2D eigenvalue weighted by Crippen LogP contribution is -2.45. The predicted molar refractivity (Wildman–Crippen MR) is 94.9 cm³/mol. The number of rotatable bonds is 8. The van der Waals surface area contributed by atoms with Crippen LogP contribution >= 0.6 is 11.3 Å². The second-order valence-corrected chi connectivity index (χ2v) is 7.65. The normalized spacial score (nSPS) is 15.9. The molecule has 0 radical (unpaired) electrons. The molecule has 1 N–H and O–H groups in total. The lowest BCUT2D eigenvalue weighted by molar-refractivity contribution is 0.115. The van der Waals surface area contributed by atoms with E-state index in [0.29, 0.717) is 0 Å². The van der Waals surface area contributed by atoms with E-state index in [2.05, 4.69) is 53.6 Å². The van der Waals surface area contributed by atoms with Gasteiger partial charge in [0, 0.05) is 44.1 Å². The van der Waals surface area contributed by atoms with Crippen LogP contribution in [0.2, 0.25) is 0 Å². The van der Waals surface area contributed by atoms with Crippen molar-refractivity contribution in [1.82, 2.24) is 10.2 Å². The maximum atomic E-state index is 5.70. The van der Waals surface area contributed by atoms with Gasteiger partial charge in [-0.3, -0.25) is 4.99 Å². The van der Waals surface area contributed by atoms with E-state index in [4.69, 9.17) is 4.74 Å². The van der Waals surface area contributed by atoms with Crippen LogP contribution in [0.3, 0.4) is 0 Å². The summed E-state index contributed by atoms with van der Waals surface area (Å²) in [7, 11) is 3.90. The zero-order valence-electron chi connectivity index (χ0n) is 14.3. The lowest BCUT2D eigenvalue weighted by Gasteiger charge is -2.28. The molecule has 0 aromatic carbocycles. The number of nitrogens with one attached hydrogen (secondary N) is 1. The first-order valence-corrected chi connectivity index (χ1v) is 8.94. The summed E-state index contributed by atoms with van der Waals surface area (Å²) in [5.74, 6) is 1.76. The zero-order chi connectivity index (χ0) is 16.0. The molecule has 1 aromatic rings. The van der Waals surface area contributed by atoms with Crippen LogP contribution in [0.1, 0.15) is 31.6 Å². The van der Waals surface area contributed by atoms with E-state index in [9.17, 15) is 0 Å². The van der Waals surface area contributed by atoms with Gasteiger partial charge >= 0.3 is 0 Å². The highest BCUT2D eigenvalue weighted by Crippen LogP contribution is 2.28. The third-order valence-electron chi connectivity index (χ3n) is 4.07. The third-order valence-corrected chi connectivity index (χ3v) is 5.31. The third kappa shape index (κ3) is 5.29. The molecule has 0 amide bonds. The molecule has 2 rings (SSSR count). The van der Waals surface area contributed by atoms with Gasteiger partial charge in [0.15, 0.2) is 5.96 Å². The highest BCUT2D eigenvalue weighted by Gasteiger charge is 2.23. The van der Waals surface area contributed by atoms with Crippen molar-refractivity contribution in [2.75, 3.05) is 40.4 Å². The monoisotopic (exact) mass is 323 g/mol. The molecule has 1 fully saturated rings. The Morgan fingerprint density at radius 2 is 2.27 bits per heavy atom. The Labute approximate surface area is 138 Å². The summed E-state index contributed by atoms with van der Waals surface area (Å²) in [5, 5.41) is 5.62. The molecule has 1 aliphatic rings. The molecule has 1 heterocycles. The Balaban J connectivity index is 1.73. The van der Waals surface area contributed by atoms with Gasteiger partial charge in [0.25, 0.3) is 0 Å². The summed E-state index contributed by atoms with van der Waals surface area (Å²) in [6, 6.07) is 4.31. The van der Waals surface area contributed by atoms with Crippen LogP contribution in [0.4, 0.5) is 0 Å². The molecule has 4 nitrogen and oxygen atoms in total. The summed E-state index contributed by atoms with van der Waals surface area (Å²) in [4.78, 5) is 7.91. The van der Waals surface area contributed by atoms with Gasteiger partial charge in [-0.25, -0.2) is 0 Å². The van der Waals surface area contributed by atoms with Crippen molar-refractivity contribution in [3.63, 3.8) is 0 Å². The van der Waals surface area contributed by atoms with Gasteiger partial charge < -0.3 is 15.0 Å². The van der Waals surface area contributed by atoms with Gasteiger partial charge in [-0.1, -0.05) is 19.9 Å². The Bertz CT molecular complexity index is 466. The Morgan fingerprint density at radius 1 is 1.50 bits per heavy atom. The minimum absolute atomic E-state index is 0.105. The first-order valence-electron chi connectivity index (χ1n) is 8.06. The van der Waals surface area contributed by atoms with E-state index in [1.54, 1.807) is 0 Å². The second kappa shape index (κ2) is 7.97. The predicted octanol–water partition coefficient (Wildman–Crippen LogP) is 2.96. The van der Waals surface area contributed by atoms with E-state index >= 15 is 0 Å². The van der Waals surface area contributed by atoms with Crippen molar-refractivity contribution >= 4 is 17.3 Å². The number of ether oxygens (including phenoxy) is 1. The number of thiophene rings is 1. The first-order chi connectivity index (χ1) is 10.5. The topological polar surface area (TPSA) is 36.9 Å². The van der Waals surface area contributed by atoms with Crippen molar-refractivity contribution < 1.29 is 4.74 Å². The Hall–Kier alpha value is -1.07. The summed E-state index contributed by atoms with van der Waals surface area (Å²) in [6.07, 6.45) is 2.69. The van der Waals surface area contributed by atoms with E-state index in [1.165, 1.54) is 17.7 Å². The highest BCUT2D eigenvalue weighted by molar-refractivity contribution is 7.10. The van der Waals surface area contributed by atoms with Gasteiger partial charge in [0.1, 0.15) is 0 Å². The molecular formula is C17H29N3OS. The molecule has 0 unspecified atom stereocenters. The largest absolute Gasteiger partial charge is 0.379 e. The van der Waals surface area contributed by atoms with E-state index in [0.717, 1.165) is 38.2 Å². The Morgan fingerprint density at radius 3 is 2.86 bits per heavy atom. The minimum atomic E-state index is 0.105. The molecule has 5 heteroatoms. The average Bonchev–Trinajstić information content (AvgIpc) is 3.13. The van der Waals surface area contributed by atoms with Crippen molar-refractivity contribution in [1.29, 1.82) is 0 Å². The summed E-state index contributed by atoms with van der Waals surface area (Å²) in [5.41, 5.74) is 0.105. The van der Waals surface area contributed by atoms with Gasteiger partial charge in [-0.05, 0) is 30.2 Å². The summed E-state index contributed by atoms with van der Waals surface area (Å²) in [6.45, 7) is 7.95. The van der Waals surface area contributed by atoms with Gasteiger partial charge in [-0.15, -0.1) is 11.3 Å². The SMILES string of the molecule is CN=C(NCC(C)(C)c1cccs1)N(C)CCOCC1CC1. The standard InChI is InChI=1S/C17H29N3OS/c1-17(2,15-6-5-11-22-15)13-19-16(18-3)20(4)9-10-21-12-14-7-8-14/h5-6,11,14H,7-10,12-13H2,1-4H3,(H,18,19). The lowest BCUT2D eigenvalue weighted by atomic mass is 9.91. The van der Waals surface area contributed by atoms with Crippen LogP contribution in [0.5, 0.6) is 0 Å². The second-order valence-electron chi connectivity index (χ2n) is 6.70. The summed E-state index contributed by atoms with van der Waals surface area (Å²) < 4.78 is 5.70. The number of likely N-dealkylation sites (N-methyl/N-ethyl adjacent to an activating group) is 1. The molecular weight excluding hydrogens is 294 g/mol. The van der Waals surface area contributed by atoms with Gasteiger partial charge in [0.2, 0.25) is 0 Å². The number of hydrogen-bond donors (Lipinski definition) is 1. The molecule has 0 atom stereocenters. The number of guanidine groups is 1. The van der Waals surface area contributed by atoms with Crippen LogP contribution in [0.15, 0.2) is 22.5 Å². The van der Waals surface area contributed by atoms with Crippen LogP contribution in [0.25, 0.3) is 0 Å². The fourth-order valence-electron chi connectivity index (χ4n) is 2.28. The van der Waals surface area contributed by atoms with Crippen molar-refractivity contribution in [3.8, 4) is 0 Å². The molecule has 124 valence electrons. The molecule has 1 aromatic heterocycles. The van der Waals surface area contributed by atoms with Crippen LogP contribution in [-0.4, -0.2) is 51.3 Å². The van der Waals surface area contributed by atoms with Crippen LogP contribution in [0, 0.1) is 5.92 Å². The average molecular weight is 324 g/mol. The maximum absolute atomic E-state index is 5.70. The smallest absolute Gasteiger partial charge is 0.193 e. The first kappa shape index (κ1) is 17.3. The van der Waals surface area contributed by atoms with E-state index in [-0.39, 0.29) is 5.41 Å². The molecule has 0 saturated heterocycles. The quantitative estimate of drug-likeness (QED) is 0.454. The van der Waals surface area contributed by atoms with Crippen LogP contribution in [-0.2, 0) is 10.2 Å². The molecule has 1 aliphatic carbocycles. The van der Waals surface area contributed by atoms with Crippen LogP contribution < -0.4 is 5.32 Å². The van der Waals surface area contributed by atoms with Crippen molar-refractivity contribution in [2.45, 2.75) is 32.1 Å². The maximum Gasteiger partial charge on any atom is 0.193 e. The highest BCUT2D eigenvalue weighted by atomic mass is 32.1. The molecule has 0 spiro atoms. The van der Waals surface area contributed by atoms with Gasteiger partial charge in [0.05, 0.1) is 6.61 Å². The fourth-order valence-corrected chi connectivity index (χ4v) is 3.13. The summed E-state index contributed by atoms with van der Waals surface area (Å²) >= 11 is 1.81. The molecule has 1 saturated carbocycles. The van der Waals surface area contributed by atoms with Crippen molar-refractivity contribution in [2.24, 2.45) is 10.9 Å². The fraction of sp³-hybridized carbons (Fsp3) is 0.706. The number of hydrogen-bond acceptors (Lipinski definition) is 3. The van der Waals surface area contributed by atoms with Gasteiger partial charge in [-0.2, -0.15) is 0 Å². The minimum Gasteiger partial charge on any atom is -0.379 e. The zero-order valence-corrected chi connectivity index (χ0v) is 15.1.